The minimum atomic E-state index is -4.09. The molecule has 0 bridgehead atoms. The maximum Gasteiger partial charge on any atom is 0.391 e. The molecule has 1 saturated heterocycles. The van der Waals surface area contributed by atoms with Crippen molar-refractivity contribution in [1.29, 1.82) is 0 Å². The van der Waals surface area contributed by atoms with E-state index in [1.807, 2.05) is 24.0 Å². The number of hydrogen-bond acceptors (Lipinski definition) is 2. The van der Waals surface area contributed by atoms with Gasteiger partial charge >= 0.3 is 6.18 Å². The molecule has 0 amide bonds. The average Bonchev–Trinajstić information content (AvgIpc) is 2.37. The van der Waals surface area contributed by atoms with Crippen molar-refractivity contribution in [2.24, 2.45) is 11.7 Å². The number of anilines is 1. The Bertz CT molecular complexity index is 466. The Kier molecular flexibility index (Phi) is 4.49. The lowest BCUT2D eigenvalue weighted by Crippen LogP contribution is -2.39. The van der Waals surface area contributed by atoms with Gasteiger partial charge < -0.3 is 10.6 Å². The number of nitrogens with two attached hydrogens (primary N) is 1. The molecular weight excluding hydrogens is 289 g/mol. The molecule has 0 saturated carbocycles. The van der Waals surface area contributed by atoms with E-state index in [2.05, 4.69) is 0 Å². The van der Waals surface area contributed by atoms with E-state index in [9.17, 15) is 13.2 Å². The highest BCUT2D eigenvalue weighted by atomic mass is 35.5. The van der Waals surface area contributed by atoms with Gasteiger partial charge in [-0.1, -0.05) is 17.7 Å². The zero-order valence-electron chi connectivity index (χ0n) is 11.3. The number of nitrogens with zero attached hydrogens (tertiary/aromatic N) is 1. The van der Waals surface area contributed by atoms with Gasteiger partial charge in [0.1, 0.15) is 0 Å². The predicted molar refractivity (Wildman–Crippen MR) is 75.0 cm³/mol. The van der Waals surface area contributed by atoms with Gasteiger partial charge in [-0.25, -0.2) is 0 Å². The van der Waals surface area contributed by atoms with E-state index in [0.29, 0.717) is 18.1 Å². The first-order valence-corrected chi connectivity index (χ1v) is 7.03. The van der Waals surface area contributed by atoms with Crippen molar-refractivity contribution in [3.63, 3.8) is 0 Å². The van der Waals surface area contributed by atoms with Gasteiger partial charge in [0, 0.05) is 19.1 Å². The van der Waals surface area contributed by atoms with Crippen LogP contribution in [-0.2, 0) is 0 Å². The number of hydrogen-bond donors (Lipinski definition) is 1. The molecule has 2 rings (SSSR count). The Hall–Kier alpha value is -0.940. The van der Waals surface area contributed by atoms with Gasteiger partial charge in [0.05, 0.1) is 16.6 Å². The van der Waals surface area contributed by atoms with Crippen LogP contribution in [-0.4, -0.2) is 19.3 Å². The number of alkyl halides is 3. The Balaban J connectivity index is 2.07. The molecule has 1 aromatic carbocycles. The lowest BCUT2D eigenvalue weighted by atomic mass is 9.95. The summed E-state index contributed by atoms with van der Waals surface area (Å²) < 4.78 is 37.9. The van der Waals surface area contributed by atoms with E-state index in [0.717, 1.165) is 11.3 Å². The van der Waals surface area contributed by atoms with Crippen molar-refractivity contribution in [3.05, 3.63) is 28.8 Å². The molecule has 0 aliphatic carbocycles. The van der Waals surface area contributed by atoms with Crippen LogP contribution in [0.2, 0.25) is 5.02 Å². The molecule has 0 radical (unpaired) electrons. The van der Waals surface area contributed by atoms with Crippen molar-refractivity contribution < 1.29 is 13.2 Å². The van der Waals surface area contributed by atoms with Crippen LogP contribution >= 0.6 is 11.6 Å². The monoisotopic (exact) mass is 306 g/mol. The Morgan fingerprint density at radius 3 is 2.35 bits per heavy atom. The van der Waals surface area contributed by atoms with Crippen molar-refractivity contribution >= 4 is 17.3 Å². The van der Waals surface area contributed by atoms with Crippen LogP contribution in [0, 0.1) is 5.92 Å². The maximum absolute atomic E-state index is 12.6. The standard InChI is InChI=1S/C14H18ClF3N2/c1-9(19)10-2-3-13(12(15)8-10)20-6-4-11(5-7-20)14(16,17)18/h2-3,8-9,11H,4-7,19H2,1H3/t9-/m0/s1. The van der Waals surface area contributed by atoms with E-state index < -0.39 is 12.1 Å². The molecule has 1 fully saturated rings. The van der Waals surface area contributed by atoms with E-state index >= 15 is 0 Å². The molecule has 112 valence electrons. The summed E-state index contributed by atoms with van der Waals surface area (Å²) in [4.78, 5) is 1.91. The van der Waals surface area contributed by atoms with Gasteiger partial charge in [0.25, 0.3) is 0 Å². The summed E-state index contributed by atoms with van der Waals surface area (Å²) in [5.74, 6) is -1.19. The summed E-state index contributed by atoms with van der Waals surface area (Å²) in [7, 11) is 0. The second-order valence-corrected chi connectivity index (χ2v) is 5.71. The van der Waals surface area contributed by atoms with Gasteiger partial charge in [-0.05, 0) is 37.5 Å². The van der Waals surface area contributed by atoms with Crippen LogP contribution in [0.4, 0.5) is 18.9 Å². The molecule has 1 aliphatic rings. The number of benzene rings is 1. The highest BCUT2D eigenvalue weighted by molar-refractivity contribution is 6.33. The fourth-order valence-corrected chi connectivity index (χ4v) is 2.82. The zero-order valence-corrected chi connectivity index (χ0v) is 12.0. The zero-order chi connectivity index (χ0) is 14.9. The molecule has 1 heterocycles. The van der Waals surface area contributed by atoms with Crippen molar-refractivity contribution in [1.82, 2.24) is 0 Å². The molecule has 6 heteroatoms. The van der Waals surface area contributed by atoms with Crippen LogP contribution in [0.5, 0.6) is 0 Å². The fourth-order valence-electron chi connectivity index (χ4n) is 2.51. The molecule has 0 unspecified atom stereocenters. The second kappa shape index (κ2) is 5.82. The quantitative estimate of drug-likeness (QED) is 0.890. The molecule has 20 heavy (non-hydrogen) atoms. The number of piperidine rings is 1. The van der Waals surface area contributed by atoms with Crippen molar-refractivity contribution in [2.45, 2.75) is 32.0 Å². The second-order valence-electron chi connectivity index (χ2n) is 5.30. The summed E-state index contributed by atoms with van der Waals surface area (Å²) in [5, 5.41) is 0.547. The van der Waals surface area contributed by atoms with E-state index in [1.165, 1.54) is 0 Å². The minimum absolute atomic E-state index is 0.113. The van der Waals surface area contributed by atoms with Crippen LogP contribution in [0.15, 0.2) is 18.2 Å². The lowest BCUT2D eigenvalue weighted by Gasteiger charge is -2.35. The summed E-state index contributed by atoms with van der Waals surface area (Å²) in [6.07, 6.45) is -3.85. The topological polar surface area (TPSA) is 29.3 Å². The summed E-state index contributed by atoms with van der Waals surface area (Å²) in [5.41, 5.74) is 7.49. The summed E-state index contributed by atoms with van der Waals surface area (Å²) in [6, 6.07) is 5.39. The third kappa shape index (κ3) is 3.38. The SMILES string of the molecule is C[C@H](N)c1ccc(N2CCC(C(F)(F)F)CC2)c(Cl)c1. The van der Waals surface area contributed by atoms with Crippen molar-refractivity contribution in [3.8, 4) is 0 Å². The minimum Gasteiger partial charge on any atom is -0.370 e. The third-order valence-corrected chi connectivity index (χ3v) is 4.10. The van der Waals surface area contributed by atoms with E-state index in [4.69, 9.17) is 17.3 Å². The van der Waals surface area contributed by atoms with Gasteiger partial charge in [-0.3, -0.25) is 0 Å². The molecule has 0 spiro atoms. The van der Waals surface area contributed by atoms with Crippen molar-refractivity contribution in [2.75, 3.05) is 18.0 Å². The number of halogens is 4. The van der Waals surface area contributed by atoms with Gasteiger partial charge in [-0.2, -0.15) is 13.2 Å². The highest BCUT2D eigenvalue weighted by Crippen LogP contribution is 2.37. The molecule has 1 atom stereocenters. The van der Waals surface area contributed by atoms with Crippen LogP contribution < -0.4 is 10.6 Å². The van der Waals surface area contributed by atoms with Gasteiger partial charge in [0.15, 0.2) is 0 Å². The van der Waals surface area contributed by atoms with E-state index in [1.54, 1.807) is 6.07 Å². The first-order chi connectivity index (χ1) is 9.29. The Labute approximate surface area is 121 Å². The number of rotatable bonds is 2. The predicted octanol–water partition coefficient (Wildman–Crippen LogP) is 4.14. The molecule has 1 aromatic rings. The molecule has 1 aliphatic heterocycles. The average molecular weight is 307 g/mol. The van der Waals surface area contributed by atoms with Crippen LogP contribution in [0.3, 0.4) is 0 Å². The molecule has 2 nitrogen and oxygen atoms in total. The molecular formula is C14H18ClF3N2. The Morgan fingerprint density at radius 2 is 1.90 bits per heavy atom. The van der Waals surface area contributed by atoms with E-state index in [-0.39, 0.29) is 18.9 Å². The third-order valence-electron chi connectivity index (χ3n) is 3.80. The molecule has 0 aromatic heterocycles. The maximum atomic E-state index is 12.6. The molecule has 2 N–H and O–H groups in total. The largest absolute Gasteiger partial charge is 0.391 e. The van der Waals surface area contributed by atoms with Crippen LogP contribution in [0.25, 0.3) is 0 Å². The smallest absolute Gasteiger partial charge is 0.370 e. The Morgan fingerprint density at radius 1 is 1.30 bits per heavy atom. The van der Waals surface area contributed by atoms with Crippen LogP contribution in [0.1, 0.15) is 31.4 Å². The summed E-state index contributed by atoms with van der Waals surface area (Å²) in [6.45, 7) is 2.61. The van der Waals surface area contributed by atoms with Gasteiger partial charge in [-0.15, -0.1) is 0 Å². The first-order valence-electron chi connectivity index (χ1n) is 6.65. The normalized spacial score (nSPS) is 19.2. The first kappa shape index (κ1) is 15.4. The fraction of sp³-hybridized carbons (Fsp3) is 0.571. The lowest BCUT2D eigenvalue weighted by molar-refractivity contribution is -0.179. The van der Waals surface area contributed by atoms with Gasteiger partial charge in [0.2, 0.25) is 0 Å². The highest BCUT2D eigenvalue weighted by Gasteiger charge is 2.41. The summed E-state index contributed by atoms with van der Waals surface area (Å²) >= 11 is 6.21.